The molecule has 1 amide bonds. The average Bonchev–Trinajstić information content (AvgIpc) is 2.76. The lowest BCUT2D eigenvalue weighted by molar-refractivity contribution is 0.0270. The number of aliphatic hydroxyl groups excluding tert-OH is 1. The number of hydrogen-bond donors (Lipinski definition) is 2. The summed E-state index contributed by atoms with van der Waals surface area (Å²) in [6.45, 7) is 5.67. The van der Waals surface area contributed by atoms with Crippen molar-refractivity contribution in [2.45, 2.75) is 45.3 Å². The maximum absolute atomic E-state index is 12.0. The number of likely N-dealkylation sites (tertiary alicyclic amines) is 1. The Bertz CT molecular complexity index is 550. The van der Waals surface area contributed by atoms with Gasteiger partial charge in [0.1, 0.15) is 5.60 Å². The second-order valence-corrected chi connectivity index (χ2v) is 8.57. The number of rotatable bonds is 6. The number of carbonyl (C=O) groups excluding carboxylic acids is 1. The van der Waals surface area contributed by atoms with Crippen molar-refractivity contribution in [1.29, 1.82) is 5.26 Å². The summed E-state index contributed by atoms with van der Waals surface area (Å²) in [4.78, 5) is 13.3. The van der Waals surface area contributed by atoms with Gasteiger partial charge < -0.3 is 14.7 Å². The predicted molar refractivity (Wildman–Crippen MR) is 83.9 cm³/mol. The minimum Gasteiger partial charge on any atom is -0.444 e. The van der Waals surface area contributed by atoms with Gasteiger partial charge in [-0.2, -0.15) is 5.26 Å². The van der Waals surface area contributed by atoms with Crippen LogP contribution in [0.4, 0.5) is 4.79 Å². The first-order chi connectivity index (χ1) is 10.5. The molecule has 23 heavy (non-hydrogen) atoms. The van der Waals surface area contributed by atoms with Crippen LogP contribution in [-0.2, 0) is 14.8 Å². The van der Waals surface area contributed by atoms with Crippen LogP contribution in [0.1, 0.15) is 33.6 Å². The smallest absolute Gasteiger partial charge is 0.410 e. The summed E-state index contributed by atoms with van der Waals surface area (Å²) in [5.74, 6) is -0.507. The van der Waals surface area contributed by atoms with Crippen LogP contribution in [0.25, 0.3) is 0 Å². The topological polar surface area (TPSA) is 120 Å². The first kappa shape index (κ1) is 19.7. The van der Waals surface area contributed by atoms with Crippen molar-refractivity contribution in [2.75, 3.05) is 25.4 Å². The standard InChI is InChI=1S/C14H25N3O5S/c1-14(2,3)22-13(19)17-9-11(12(18)10-17)8-16-23(20,21)7-5-4-6-15/h11-12,16,18H,4-5,7-10H2,1-3H3. The average molecular weight is 347 g/mol. The summed E-state index contributed by atoms with van der Waals surface area (Å²) in [5.41, 5.74) is -0.623. The number of nitrogens with one attached hydrogen (secondary N) is 1. The van der Waals surface area contributed by atoms with E-state index in [1.165, 1.54) is 4.90 Å². The highest BCUT2D eigenvalue weighted by Crippen LogP contribution is 2.19. The Labute approximate surface area is 137 Å². The lowest BCUT2D eigenvalue weighted by Gasteiger charge is -2.24. The molecular formula is C14H25N3O5S. The Hall–Kier alpha value is -1.37. The minimum absolute atomic E-state index is 0.0509. The Morgan fingerprint density at radius 1 is 1.43 bits per heavy atom. The van der Waals surface area contributed by atoms with Crippen LogP contribution in [0.5, 0.6) is 0 Å². The minimum atomic E-state index is -3.48. The van der Waals surface area contributed by atoms with Gasteiger partial charge in [-0.15, -0.1) is 0 Å². The summed E-state index contributed by atoms with van der Waals surface area (Å²) < 4.78 is 31.2. The Balaban J connectivity index is 2.47. The van der Waals surface area contributed by atoms with Gasteiger partial charge >= 0.3 is 6.09 Å². The lowest BCUT2D eigenvalue weighted by atomic mass is 10.1. The molecule has 9 heteroatoms. The molecule has 1 rings (SSSR count). The molecule has 132 valence electrons. The molecule has 0 aromatic rings. The van der Waals surface area contributed by atoms with Crippen LogP contribution in [0.2, 0.25) is 0 Å². The number of ether oxygens (including phenoxy) is 1. The van der Waals surface area contributed by atoms with E-state index in [0.29, 0.717) is 0 Å². The molecule has 1 aliphatic heterocycles. The van der Waals surface area contributed by atoms with Crippen molar-refractivity contribution in [3.63, 3.8) is 0 Å². The van der Waals surface area contributed by atoms with Gasteiger partial charge in [0.25, 0.3) is 0 Å². The van der Waals surface area contributed by atoms with Gasteiger partial charge in [-0.3, -0.25) is 0 Å². The third-order valence-electron chi connectivity index (χ3n) is 3.33. The number of unbranched alkanes of at least 4 members (excludes halogenated alkanes) is 1. The van der Waals surface area contributed by atoms with Crippen molar-refractivity contribution in [1.82, 2.24) is 9.62 Å². The number of aliphatic hydroxyl groups is 1. The zero-order chi connectivity index (χ0) is 17.7. The van der Waals surface area contributed by atoms with E-state index in [0.717, 1.165) is 0 Å². The second-order valence-electron chi connectivity index (χ2n) is 6.64. The van der Waals surface area contributed by atoms with Crippen molar-refractivity contribution < 1.29 is 23.1 Å². The van der Waals surface area contributed by atoms with Crippen molar-refractivity contribution in [3.05, 3.63) is 0 Å². The molecule has 1 heterocycles. The van der Waals surface area contributed by atoms with Gasteiger partial charge in [0, 0.05) is 25.4 Å². The summed E-state index contributed by atoms with van der Waals surface area (Å²) in [6, 6.07) is 1.89. The van der Waals surface area contributed by atoms with Crippen LogP contribution in [0, 0.1) is 17.2 Å². The molecular weight excluding hydrogens is 322 g/mol. The summed E-state index contributed by atoms with van der Waals surface area (Å²) in [6.07, 6.45) is -0.872. The highest BCUT2D eigenvalue weighted by molar-refractivity contribution is 7.89. The summed E-state index contributed by atoms with van der Waals surface area (Å²) in [7, 11) is -3.48. The fourth-order valence-corrected chi connectivity index (χ4v) is 3.31. The fraction of sp³-hybridized carbons (Fsp3) is 0.857. The van der Waals surface area contributed by atoms with Crippen LogP contribution >= 0.6 is 0 Å². The lowest BCUT2D eigenvalue weighted by Crippen LogP contribution is -2.37. The zero-order valence-electron chi connectivity index (χ0n) is 13.8. The van der Waals surface area contributed by atoms with Crippen LogP contribution in [0.3, 0.4) is 0 Å². The van der Waals surface area contributed by atoms with Gasteiger partial charge in [0.2, 0.25) is 10.0 Å². The highest BCUT2D eigenvalue weighted by atomic mass is 32.2. The number of hydrogen-bond acceptors (Lipinski definition) is 6. The number of β-amino-alcohol motifs (C(OH)–C–C–N with tert-alkyl or cyclic N) is 1. The Kier molecular flexibility index (Phi) is 6.80. The normalized spacial score (nSPS) is 22.0. The van der Waals surface area contributed by atoms with Gasteiger partial charge in [0.05, 0.1) is 24.5 Å². The molecule has 2 unspecified atom stereocenters. The molecule has 0 aromatic carbocycles. The Morgan fingerprint density at radius 3 is 2.65 bits per heavy atom. The fourth-order valence-electron chi connectivity index (χ4n) is 2.18. The van der Waals surface area contributed by atoms with E-state index in [1.54, 1.807) is 20.8 Å². The molecule has 0 spiro atoms. The van der Waals surface area contributed by atoms with Gasteiger partial charge in [-0.05, 0) is 27.2 Å². The molecule has 0 saturated carbocycles. The largest absolute Gasteiger partial charge is 0.444 e. The van der Waals surface area contributed by atoms with Crippen LogP contribution in [-0.4, -0.2) is 61.6 Å². The van der Waals surface area contributed by atoms with E-state index in [2.05, 4.69) is 4.72 Å². The number of nitriles is 1. The van der Waals surface area contributed by atoms with Crippen molar-refractivity contribution >= 4 is 16.1 Å². The van der Waals surface area contributed by atoms with Gasteiger partial charge in [0.15, 0.2) is 0 Å². The summed E-state index contributed by atoms with van der Waals surface area (Å²) in [5, 5.41) is 18.4. The number of sulfonamides is 1. The maximum Gasteiger partial charge on any atom is 0.410 e. The predicted octanol–water partition coefficient (Wildman–Crippen LogP) is 0.437. The van der Waals surface area contributed by atoms with Crippen molar-refractivity contribution in [2.24, 2.45) is 5.92 Å². The molecule has 0 aliphatic carbocycles. The highest BCUT2D eigenvalue weighted by Gasteiger charge is 2.36. The number of nitrogens with zero attached hydrogens (tertiary/aromatic N) is 2. The zero-order valence-corrected chi connectivity index (χ0v) is 14.6. The molecule has 1 fully saturated rings. The molecule has 0 radical (unpaired) electrons. The van der Waals surface area contributed by atoms with E-state index in [4.69, 9.17) is 10.00 Å². The number of amides is 1. The van der Waals surface area contributed by atoms with E-state index < -0.39 is 27.8 Å². The Morgan fingerprint density at radius 2 is 2.09 bits per heavy atom. The molecule has 1 aliphatic rings. The number of carbonyl (C=O) groups is 1. The first-order valence-corrected chi connectivity index (χ1v) is 9.19. The maximum atomic E-state index is 12.0. The van der Waals surface area contributed by atoms with Gasteiger partial charge in [-0.25, -0.2) is 17.9 Å². The SMILES string of the molecule is CC(C)(C)OC(=O)N1CC(O)C(CNS(=O)(=O)CCCC#N)C1. The molecule has 0 aromatic heterocycles. The monoisotopic (exact) mass is 347 g/mol. The van der Waals surface area contributed by atoms with E-state index in [1.807, 2.05) is 6.07 Å². The molecule has 2 atom stereocenters. The molecule has 0 bridgehead atoms. The summed E-state index contributed by atoms with van der Waals surface area (Å²) >= 11 is 0. The first-order valence-electron chi connectivity index (χ1n) is 7.54. The van der Waals surface area contributed by atoms with E-state index >= 15 is 0 Å². The third kappa shape index (κ3) is 7.16. The van der Waals surface area contributed by atoms with Crippen LogP contribution < -0.4 is 4.72 Å². The second kappa shape index (κ2) is 7.95. The van der Waals surface area contributed by atoms with Crippen LogP contribution in [0.15, 0.2) is 0 Å². The van der Waals surface area contributed by atoms with Gasteiger partial charge in [-0.1, -0.05) is 0 Å². The third-order valence-corrected chi connectivity index (χ3v) is 4.76. The molecule has 8 nitrogen and oxygen atoms in total. The molecule has 2 N–H and O–H groups in total. The quantitative estimate of drug-likeness (QED) is 0.673. The van der Waals surface area contributed by atoms with E-state index in [-0.39, 0.29) is 44.1 Å². The van der Waals surface area contributed by atoms with E-state index in [9.17, 15) is 18.3 Å². The molecule has 1 saturated heterocycles. The van der Waals surface area contributed by atoms with Crippen molar-refractivity contribution in [3.8, 4) is 6.07 Å².